The molecular formula is C28H34N2O6. The van der Waals surface area contributed by atoms with Crippen molar-refractivity contribution in [2.45, 2.75) is 74.1 Å². The standard InChI is InChI=1S/C28H34N2O6/c1-34-22(33)8-7-21(32)29-19-14-26-9-10-28(19,35-2)25-27(26)11-12-30(15-16-3-4-16)20(26)13-17-5-6-18(31)24(36-25)23(17)27/h5-8,16,19-20,25,31H,3-4,9-15H2,1-2H3,(H,29,32)/b8-7+/t19-,20+,25+,26+,27-,28+/m0/s1. The molecule has 7 aliphatic rings. The number of benzene rings is 1. The predicted molar refractivity (Wildman–Crippen MR) is 130 cm³/mol. The number of amides is 1. The molecule has 0 unspecified atom stereocenters. The highest BCUT2D eigenvalue weighted by atomic mass is 16.6. The van der Waals surface area contributed by atoms with Crippen LogP contribution in [-0.2, 0) is 30.9 Å². The Morgan fingerprint density at radius 2 is 2.06 bits per heavy atom. The van der Waals surface area contributed by atoms with Crippen LogP contribution in [0.4, 0.5) is 0 Å². The van der Waals surface area contributed by atoms with Gasteiger partial charge in [-0.25, -0.2) is 4.79 Å². The number of hydrogen-bond acceptors (Lipinski definition) is 7. The Bertz CT molecular complexity index is 1180. The zero-order chi connectivity index (χ0) is 24.9. The van der Waals surface area contributed by atoms with Crippen molar-refractivity contribution in [1.29, 1.82) is 0 Å². The predicted octanol–water partition coefficient (Wildman–Crippen LogP) is 2.21. The highest BCUT2D eigenvalue weighted by Crippen LogP contribution is 2.75. The van der Waals surface area contributed by atoms with E-state index in [9.17, 15) is 14.7 Å². The van der Waals surface area contributed by atoms with Crippen LogP contribution < -0.4 is 10.1 Å². The Kier molecular flexibility index (Phi) is 4.70. The minimum atomic E-state index is -0.722. The Labute approximate surface area is 211 Å². The molecule has 2 spiro atoms. The molecule has 1 aromatic rings. The van der Waals surface area contributed by atoms with Gasteiger partial charge in [0.25, 0.3) is 0 Å². The van der Waals surface area contributed by atoms with Crippen LogP contribution >= 0.6 is 0 Å². The number of carbonyl (C=O) groups is 2. The zero-order valence-electron chi connectivity index (χ0n) is 20.9. The molecule has 5 aliphatic carbocycles. The SMILES string of the molecule is COC(=O)/C=C/C(=O)N[C@H]1C[C@@]23CC[C@]1(OC)[C@@H]1Oc4c(O)ccc5c4[C@@]12CCN(CC1CC1)[C@@H]3C5. The molecule has 8 nitrogen and oxygen atoms in total. The zero-order valence-corrected chi connectivity index (χ0v) is 20.9. The van der Waals surface area contributed by atoms with E-state index in [4.69, 9.17) is 9.47 Å². The lowest BCUT2D eigenvalue weighted by Crippen LogP contribution is -2.83. The van der Waals surface area contributed by atoms with E-state index < -0.39 is 11.6 Å². The fourth-order valence-electron chi connectivity index (χ4n) is 8.99. The lowest BCUT2D eigenvalue weighted by molar-refractivity contribution is -0.263. The molecule has 8 heteroatoms. The summed E-state index contributed by atoms with van der Waals surface area (Å²) in [5.74, 6) is 0.710. The van der Waals surface area contributed by atoms with E-state index in [-0.39, 0.29) is 34.6 Å². The number of ether oxygens (including phenoxy) is 3. The lowest BCUT2D eigenvalue weighted by atomic mass is 9.35. The highest BCUT2D eigenvalue weighted by Gasteiger charge is 2.80. The molecule has 6 atom stereocenters. The van der Waals surface area contributed by atoms with Gasteiger partial charge in [-0.3, -0.25) is 9.69 Å². The average Bonchev–Trinajstić information content (AvgIpc) is 3.62. The maximum atomic E-state index is 12.9. The van der Waals surface area contributed by atoms with Crippen LogP contribution in [0.5, 0.6) is 11.5 Å². The summed E-state index contributed by atoms with van der Waals surface area (Å²) in [5.41, 5.74) is 1.45. The first-order valence-electron chi connectivity index (χ1n) is 13.3. The van der Waals surface area contributed by atoms with Crippen LogP contribution in [0.1, 0.15) is 49.7 Å². The third-order valence-corrected chi connectivity index (χ3v) is 10.5. The molecular weight excluding hydrogens is 460 g/mol. The van der Waals surface area contributed by atoms with Crippen LogP contribution in [0.15, 0.2) is 24.3 Å². The summed E-state index contributed by atoms with van der Waals surface area (Å²) in [7, 11) is 3.01. The molecule has 0 aromatic heterocycles. The van der Waals surface area contributed by atoms with Gasteiger partial charge in [-0.1, -0.05) is 6.07 Å². The van der Waals surface area contributed by atoms with Gasteiger partial charge in [-0.15, -0.1) is 0 Å². The normalized spacial score (nSPS) is 39.6. The fraction of sp³-hybridized carbons (Fsp3) is 0.643. The molecule has 1 amide bonds. The lowest BCUT2D eigenvalue weighted by Gasteiger charge is -2.73. The highest BCUT2D eigenvalue weighted by molar-refractivity contribution is 5.94. The van der Waals surface area contributed by atoms with Crippen LogP contribution in [0.2, 0.25) is 0 Å². The Hall–Kier alpha value is -2.58. The maximum Gasteiger partial charge on any atom is 0.330 e. The molecule has 0 radical (unpaired) electrons. The van der Waals surface area contributed by atoms with E-state index >= 15 is 0 Å². The number of rotatable bonds is 6. The van der Waals surface area contributed by atoms with Crippen LogP contribution in [-0.4, -0.2) is 73.0 Å². The molecule has 192 valence electrons. The quantitative estimate of drug-likeness (QED) is 0.462. The largest absolute Gasteiger partial charge is 0.504 e. The van der Waals surface area contributed by atoms with Gasteiger partial charge in [0.1, 0.15) is 11.7 Å². The van der Waals surface area contributed by atoms with Crippen molar-refractivity contribution in [3.63, 3.8) is 0 Å². The van der Waals surface area contributed by atoms with Gasteiger partial charge < -0.3 is 24.6 Å². The van der Waals surface area contributed by atoms with Crippen molar-refractivity contribution in [3.8, 4) is 11.5 Å². The molecule has 36 heavy (non-hydrogen) atoms. The first-order valence-corrected chi connectivity index (χ1v) is 13.3. The van der Waals surface area contributed by atoms with E-state index in [2.05, 4.69) is 21.0 Å². The second-order valence-corrected chi connectivity index (χ2v) is 11.8. The fourth-order valence-corrected chi connectivity index (χ4v) is 8.99. The second kappa shape index (κ2) is 7.48. The third kappa shape index (κ3) is 2.67. The number of aromatic hydroxyl groups is 1. The average molecular weight is 495 g/mol. The number of carbonyl (C=O) groups excluding carboxylic acids is 2. The van der Waals surface area contributed by atoms with Crippen LogP contribution in [0, 0.1) is 11.3 Å². The number of fused-ring (bicyclic) bond motifs is 2. The number of phenols is 1. The first-order chi connectivity index (χ1) is 17.4. The van der Waals surface area contributed by atoms with Crippen molar-refractivity contribution in [2.24, 2.45) is 11.3 Å². The third-order valence-electron chi connectivity index (χ3n) is 10.5. The summed E-state index contributed by atoms with van der Waals surface area (Å²) in [4.78, 5) is 27.2. The molecule has 1 saturated heterocycles. The number of likely N-dealkylation sites (tertiary alicyclic amines) is 1. The molecule has 5 fully saturated rings. The molecule has 2 heterocycles. The van der Waals surface area contributed by atoms with E-state index in [1.165, 1.54) is 37.2 Å². The minimum Gasteiger partial charge on any atom is -0.504 e. The summed E-state index contributed by atoms with van der Waals surface area (Å²) in [5, 5.41) is 14.1. The van der Waals surface area contributed by atoms with Crippen LogP contribution in [0.3, 0.4) is 0 Å². The van der Waals surface area contributed by atoms with E-state index in [1.54, 1.807) is 13.2 Å². The Morgan fingerprint density at radius 3 is 2.81 bits per heavy atom. The second-order valence-electron chi connectivity index (χ2n) is 11.8. The van der Waals surface area contributed by atoms with Gasteiger partial charge in [-0.2, -0.15) is 0 Å². The number of nitrogens with one attached hydrogen (secondary N) is 1. The van der Waals surface area contributed by atoms with Crippen molar-refractivity contribution >= 4 is 11.9 Å². The minimum absolute atomic E-state index is 0.0822. The number of hydrogen-bond donors (Lipinski definition) is 2. The van der Waals surface area contributed by atoms with Crippen molar-refractivity contribution in [2.75, 3.05) is 27.3 Å². The molecule has 1 aromatic carbocycles. The summed E-state index contributed by atoms with van der Waals surface area (Å²) in [6.45, 7) is 2.17. The number of methoxy groups -OCH3 is 2. The Balaban J connectivity index is 1.34. The van der Waals surface area contributed by atoms with Gasteiger partial charge in [0, 0.05) is 48.2 Å². The summed E-state index contributed by atoms with van der Waals surface area (Å²) in [6.07, 6.45) is 9.21. The summed E-state index contributed by atoms with van der Waals surface area (Å²) < 4.78 is 17.8. The van der Waals surface area contributed by atoms with Gasteiger partial charge in [0.2, 0.25) is 5.91 Å². The first kappa shape index (κ1) is 22.6. The maximum absolute atomic E-state index is 12.9. The molecule has 4 saturated carbocycles. The van der Waals surface area contributed by atoms with Gasteiger partial charge in [0.05, 0.1) is 13.2 Å². The van der Waals surface area contributed by atoms with Gasteiger partial charge >= 0.3 is 5.97 Å². The van der Waals surface area contributed by atoms with Crippen LogP contribution in [0.25, 0.3) is 0 Å². The molecule has 8 rings (SSSR count). The smallest absolute Gasteiger partial charge is 0.330 e. The summed E-state index contributed by atoms with van der Waals surface area (Å²) >= 11 is 0. The summed E-state index contributed by atoms with van der Waals surface area (Å²) in [6, 6.07) is 3.96. The van der Waals surface area contributed by atoms with Gasteiger partial charge in [0.15, 0.2) is 11.5 Å². The van der Waals surface area contributed by atoms with E-state index in [0.29, 0.717) is 11.8 Å². The Morgan fingerprint density at radius 1 is 1.22 bits per heavy atom. The molecule has 4 bridgehead atoms. The van der Waals surface area contributed by atoms with Gasteiger partial charge in [-0.05, 0) is 69.0 Å². The molecule has 2 aliphatic heterocycles. The monoisotopic (exact) mass is 494 g/mol. The van der Waals surface area contributed by atoms with E-state index in [1.807, 2.05) is 0 Å². The van der Waals surface area contributed by atoms with E-state index in [0.717, 1.165) is 57.2 Å². The number of piperidine rings is 1. The number of esters is 1. The molecule has 2 N–H and O–H groups in total. The van der Waals surface area contributed by atoms with Crippen molar-refractivity contribution < 1.29 is 28.9 Å². The number of phenolic OH excluding ortho intramolecular Hbond substituents is 1. The van der Waals surface area contributed by atoms with Crippen molar-refractivity contribution in [3.05, 3.63) is 35.4 Å². The van der Waals surface area contributed by atoms with Crippen molar-refractivity contribution in [1.82, 2.24) is 10.2 Å². The topological polar surface area (TPSA) is 97.3 Å². The number of nitrogens with zero attached hydrogens (tertiary/aromatic N) is 1.